The van der Waals surface area contributed by atoms with Crippen LogP contribution in [-0.4, -0.2) is 23.3 Å². The van der Waals surface area contributed by atoms with Gasteiger partial charge in [0.05, 0.1) is 13.2 Å². The molecule has 1 saturated heterocycles. The molecule has 3 heterocycles. The van der Waals surface area contributed by atoms with Crippen LogP contribution in [0.15, 0.2) is 48.7 Å². The molecule has 0 aliphatic carbocycles. The van der Waals surface area contributed by atoms with Crippen molar-refractivity contribution in [2.45, 2.75) is 5.60 Å². The minimum Gasteiger partial charge on any atom is -0.380 e. The molecular weight excluding hydrogens is 270 g/mol. The van der Waals surface area contributed by atoms with Crippen LogP contribution in [0, 0.1) is 0 Å². The fraction of sp³-hybridized carbons (Fsp3) is 0.188. The van der Waals surface area contributed by atoms with Crippen LogP contribution >= 0.6 is 11.3 Å². The summed E-state index contributed by atoms with van der Waals surface area (Å²) in [7, 11) is 0. The van der Waals surface area contributed by atoms with Gasteiger partial charge in [0.2, 0.25) is 0 Å². The molecule has 1 aliphatic rings. The van der Waals surface area contributed by atoms with Crippen molar-refractivity contribution >= 4 is 21.6 Å². The summed E-state index contributed by atoms with van der Waals surface area (Å²) in [5, 5.41) is 11.4. The third-order valence-electron chi connectivity index (χ3n) is 3.68. The van der Waals surface area contributed by atoms with Crippen molar-refractivity contribution in [1.29, 1.82) is 0 Å². The Bertz CT molecular complexity index is 727. The van der Waals surface area contributed by atoms with Crippen molar-refractivity contribution in [2.24, 2.45) is 0 Å². The lowest BCUT2D eigenvalue weighted by Gasteiger charge is -2.36. The standard InChI is InChI=1S/C16H13NO2S/c18-16(9-19-10-16)13-5-3-11(4-6-13)14-8-12-2-1-7-17-15(12)20-14/h1-8,18H,9-10H2. The Balaban J connectivity index is 1.71. The van der Waals surface area contributed by atoms with E-state index in [4.69, 9.17) is 4.74 Å². The van der Waals surface area contributed by atoms with Crippen molar-refractivity contribution in [1.82, 2.24) is 4.98 Å². The first-order valence-electron chi connectivity index (χ1n) is 6.50. The minimum atomic E-state index is -0.791. The van der Waals surface area contributed by atoms with Gasteiger partial charge in [-0.15, -0.1) is 11.3 Å². The van der Waals surface area contributed by atoms with Gasteiger partial charge >= 0.3 is 0 Å². The van der Waals surface area contributed by atoms with E-state index in [0.717, 1.165) is 16.0 Å². The lowest BCUT2D eigenvalue weighted by molar-refractivity contribution is -0.184. The molecule has 1 aliphatic heterocycles. The van der Waals surface area contributed by atoms with Crippen LogP contribution in [0.4, 0.5) is 0 Å². The maximum atomic E-state index is 10.2. The van der Waals surface area contributed by atoms with Gasteiger partial charge in [0.1, 0.15) is 10.4 Å². The maximum Gasteiger partial charge on any atom is 0.136 e. The van der Waals surface area contributed by atoms with Gasteiger partial charge in [-0.1, -0.05) is 30.3 Å². The van der Waals surface area contributed by atoms with E-state index in [1.54, 1.807) is 11.3 Å². The predicted octanol–water partition coefficient (Wildman–Crippen LogP) is 3.18. The molecule has 4 heteroatoms. The number of hydrogen-bond acceptors (Lipinski definition) is 4. The second kappa shape index (κ2) is 4.38. The average molecular weight is 283 g/mol. The number of rotatable bonds is 2. The highest BCUT2D eigenvalue weighted by molar-refractivity contribution is 7.21. The summed E-state index contributed by atoms with van der Waals surface area (Å²) in [6, 6.07) is 14.3. The minimum absolute atomic E-state index is 0.388. The second-order valence-electron chi connectivity index (χ2n) is 5.11. The Morgan fingerprint density at radius 2 is 1.95 bits per heavy atom. The number of ether oxygens (including phenoxy) is 1. The molecule has 3 aromatic rings. The Morgan fingerprint density at radius 1 is 1.15 bits per heavy atom. The largest absolute Gasteiger partial charge is 0.380 e. The highest BCUT2D eigenvalue weighted by atomic mass is 32.1. The van der Waals surface area contributed by atoms with Crippen molar-refractivity contribution < 1.29 is 9.84 Å². The zero-order valence-corrected chi connectivity index (χ0v) is 11.6. The molecule has 2 aromatic heterocycles. The molecule has 100 valence electrons. The van der Waals surface area contributed by atoms with Crippen LogP contribution in [0.25, 0.3) is 20.7 Å². The van der Waals surface area contributed by atoms with Gasteiger partial charge in [0, 0.05) is 16.5 Å². The van der Waals surface area contributed by atoms with E-state index in [1.165, 1.54) is 10.3 Å². The number of benzene rings is 1. The topological polar surface area (TPSA) is 42.4 Å². The van der Waals surface area contributed by atoms with Gasteiger partial charge < -0.3 is 9.84 Å². The molecule has 3 nitrogen and oxygen atoms in total. The average Bonchev–Trinajstić information content (AvgIpc) is 2.89. The predicted molar refractivity (Wildman–Crippen MR) is 79.8 cm³/mol. The summed E-state index contributed by atoms with van der Waals surface area (Å²) in [5.74, 6) is 0. The third-order valence-corrected chi connectivity index (χ3v) is 4.79. The van der Waals surface area contributed by atoms with E-state index in [1.807, 2.05) is 24.4 Å². The molecule has 0 atom stereocenters. The molecule has 0 amide bonds. The summed E-state index contributed by atoms with van der Waals surface area (Å²) in [5.41, 5.74) is 1.28. The molecule has 0 saturated carbocycles. The van der Waals surface area contributed by atoms with Crippen LogP contribution in [0.1, 0.15) is 5.56 Å². The Kier molecular flexibility index (Phi) is 2.63. The lowest BCUT2D eigenvalue weighted by Crippen LogP contribution is -2.46. The van der Waals surface area contributed by atoms with Crippen molar-refractivity contribution in [3.63, 3.8) is 0 Å². The normalized spacial score (nSPS) is 17.1. The Labute approximate surface area is 120 Å². The molecule has 4 rings (SSSR count). The number of nitrogens with zero attached hydrogens (tertiary/aromatic N) is 1. The molecule has 1 aromatic carbocycles. The molecule has 0 bridgehead atoms. The molecule has 20 heavy (non-hydrogen) atoms. The number of aliphatic hydroxyl groups is 1. The van der Waals surface area contributed by atoms with Crippen LogP contribution in [0.3, 0.4) is 0 Å². The summed E-state index contributed by atoms with van der Waals surface area (Å²) in [6.07, 6.45) is 1.82. The second-order valence-corrected chi connectivity index (χ2v) is 6.14. The fourth-order valence-electron chi connectivity index (χ4n) is 2.42. The monoisotopic (exact) mass is 283 g/mol. The van der Waals surface area contributed by atoms with E-state index < -0.39 is 5.60 Å². The van der Waals surface area contributed by atoms with Crippen LogP contribution in [0.5, 0.6) is 0 Å². The van der Waals surface area contributed by atoms with Gasteiger partial charge in [-0.05, 0) is 23.3 Å². The van der Waals surface area contributed by atoms with Gasteiger partial charge in [0.25, 0.3) is 0 Å². The highest BCUT2D eigenvalue weighted by Crippen LogP contribution is 2.34. The van der Waals surface area contributed by atoms with Gasteiger partial charge in [0.15, 0.2) is 0 Å². The van der Waals surface area contributed by atoms with E-state index in [9.17, 15) is 5.11 Å². The Hall–Kier alpha value is -1.75. The first-order chi connectivity index (χ1) is 9.74. The summed E-state index contributed by atoms with van der Waals surface area (Å²) in [6.45, 7) is 0.776. The first-order valence-corrected chi connectivity index (χ1v) is 7.32. The van der Waals surface area contributed by atoms with Crippen molar-refractivity contribution in [3.8, 4) is 10.4 Å². The highest BCUT2D eigenvalue weighted by Gasteiger charge is 2.37. The quantitative estimate of drug-likeness (QED) is 0.785. The summed E-state index contributed by atoms with van der Waals surface area (Å²) >= 11 is 1.69. The molecular formula is C16H13NO2S. The molecule has 0 radical (unpaired) electrons. The molecule has 1 N–H and O–H groups in total. The number of aromatic nitrogens is 1. The van der Waals surface area contributed by atoms with Gasteiger partial charge in [-0.2, -0.15) is 0 Å². The van der Waals surface area contributed by atoms with Crippen LogP contribution in [-0.2, 0) is 10.3 Å². The number of pyridine rings is 1. The molecule has 1 fully saturated rings. The zero-order valence-electron chi connectivity index (χ0n) is 10.7. The third kappa shape index (κ3) is 1.85. The van der Waals surface area contributed by atoms with Crippen molar-refractivity contribution in [2.75, 3.05) is 13.2 Å². The molecule has 0 unspecified atom stereocenters. The summed E-state index contributed by atoms with van der Waals surface area (Å²) in [4.78, 5) is 6.62. The zero-order chi connectivity index (χ0) is 13.6. The SMILES string of the molecule is OC1(c2ccc(-c3cc4cccnc4s3)cc2)COC1. The number of fused-ring (bicyclic) bond motifs is 1. The van der Waals surface area contributed by atoms with E-state index in [0.29, 0.717) is 13.2 Å². The Morgan fingerprint density at radius 3 is 2.60 bits per heavy atom. The number of hydrogen-bond donors (Lipinski definition) is 1. The van der Waals surface area contributed by atoms with E-state index in [-0.39, 0.29) is 0 Å². The van der Waals surface area contributed by atoms with E-state index >= 15 is 0 Å². The van der Waals surface area contributed by atoms with Crippen molar-refractivity contribution in [3.05, 3.63) is 54.2 Å². The first kappa shape index (κ1) is 12.0. The molecule has 0 spiro atoms. The summed E-state index contributed by atoms with van der Waals surface area (Å²) < 4.78 is 5.09. The van der Waals surface area contributed by atoms with Crippen LogP contribution < -0.4 is 0 Å². The smallest absolute Gasteiger partial charge is 0.136 e. The van der Waals surface area contributed by atoms with Crippen LogP contribution in [0.2, 0.25) is 0 Å². The van der Waals surface area contributed by atoms with Gasteiger partial charge in [-0.25, -0.2) is 4.98 Å². The fourth-order valence-corrected chi connectivity index (χ4v) is 3.43. The van der Waals surface area contributed by atoms with Gasteiger partial charge in [-0.3, -0.25) is 0 Å². The van der Waals surface area contributed by atoms with E-state index in [2.05, 4.69) is 29.2 Å². The maximum absolute atomic E-state index is 10.2. The lowest BCUT2D eigenvalue weighted by atomic mass is 9.91. The number of thiophene rings is 1.